The lowest BCUT2D eigenvalue weighted by atomic mass is 10.1. The highest BCUT2D eigenvalue weighted by Gasteiger charge is 2.15. The number of anilines is 2. The van der Waals surface area contributed by atoms with Gasteiger partial charge in [-0.2, -0.15) is 0 Å². The number of aromatic nitrogens is 2. The summed E-state index contributed by atoms with van der Waals surface area (Å²) in [6.07, 6.45) is 1.74. The molecular weight excluding hydrogens is 370 g/mol. The van der Waals surface area contributed by atoms with E-state index in [1.807, 2.05) is 19.1 Å². The van der Waals surface area contributed by atoms with E-state index in [9.17, 15) is 4.79 Å². The number of hydrogen-bond acceptors (Lipinski definition) is 7. The second-order valence-corrected chi connectivity index (χ2v) is 6.40. The van der Waals surface area contributed by atoms with Crippen molar-refractivity contribution in [1.82, 2.24) is 9.97 Å². The predicted molar refractivity (Wildman–Crippen MR) is 112 cm³/mol. The smallest absolute Gasteiger partial charge is 0.203 e. The number of carbonyl (C=O) groups is 1. The van der Waals surface area contributed by atoms with Crippen LogP contribution in [0.2, 0.25) is 0 Å². The summed E-state index contributed by atoms with van der Waals surface area (Å²) in [6, 6.07) is 10.9. The summed E-state index contributed by atoms with van der Waals surface area (Å²) >= 11 is 0. The van der Waals surface area contributed by atoms with Gasteiger partial charge >= 0.3 is 0 Å². The van der Waals surface area contributed by atoms with E-state index in [1.54, 1.807) is 51.8 Å². The van der Waals surface area contributed by atoms with Gasteiger partial charge in [-0.05, 0) is 19.9 Å². The maximum atomic E-state index is 11.7. The Morgan fingerprint density at radius 1 is 1.00 bits per heavy atom. The molecule has 0 bridgehead atoms. The van der Waals surface area contributed by atoms with Crippen LogP contribution >= 0.6 is 0 Å². The molecule has 2 aromatic carbocycles. The number of aryl methyl sites for hydroxylation is 1. The van der Waals surface area contributed by atoms with Crippen LogP contribution in [0, 0.1) is 6.92 Å². The fourth-order valence-corrected chi connectivity index (χ4v) is 2.87. The molecule has 0 aliphatic rings. The van der Waals surface area contributed by atoms with Crippen molar-refractivity contribution >= 4 is 17.3 Å². The van der Waals surface area contributed by atoms with Crippen LogP contribution in [0.3, 0.4) is 0 Å². The molecule has 3 aromatic rings. The van der Waals surface area contributed by atoms with Crippen LogP contribution in [0.4, 0.5) is 11.5 Å². The van der Waals surface area contributed by atoms with Gasteiger partial charge in [0.1, 0.15) is 5.82 Å². The molecule has 0 spiro atoms. The van der Waals surface area contributed by atoms with Crippen LogP contribution in [0.15, 0.2) is 42.6 Å². The van der Waals surface area contributed by atoms with Gasteiger partial charge in [-0.25, -0.2) is 9.97 Å². The fraction of sp³-hybridized carbons (Fsp3) is 0.227. The monoisotopic (exact) mass is 393 g/mol. The number of benzene rings is 2. The molecule has 0 fully saturated rings. The number of methoxy groups -OCH3 is 3. The normalized spacial score (nSPS) is 10.4. The van der Waals surface area contributed by atoms with Crippen molar-refractivity contribution in [3.05, 3.63) is 53.7 Å². The second-order valence-electron chi connectivity index (χ2n) is 6.40. The predicted octanol–water partition coefficient (Wildman–Crippen LogP) is 4.42. The summed E-state index contributed by atoms with van der Waals surface area (Å²) < 4.78 is 16.2. The molecule has 0 radical (unpaired) electrons. The van der Waals surface area contributed by atoms with E-state index in [1.165, 1.54) is 6.92 Å². The van der Waals surface area contributed by atoms with Gasteiger partial charge in [0, 0.05) is 40.7 Å². The van der Waals surface area contributed by atoms with Crippen molar-refractivity contribution in [3.63, 3.8) is 0 Å². The average Bonchev–Trinajstić information content (AvgIpc) is 2.74. The highest BCUT2D eigenvalue weighted by molar-refractivity contribution is 5.95. The Morgan fingerprint density at radius 2 is 1.69 bits per heavy atom. The number of ether oxygens (including phenoxy) is 3. The number of ketones is 1. The van der Waals surface area contributed by atoms with E-state index in [-0.39, 0.29) is 5.78 Å². The van der Waals surface area contributed by atoms with Crippen molar-refractivity contribution in [3.8, 4) is 28.6 Å². The first kappa shape index (κ1) is 20.1. The lowest BCUT2D eigenvalue weighted by Crippen LogP contribution is -2.02. The van der Waals surface area contributed by atoms with Gasteiger partial charge < -0.3 is 19.5 Å². The maximum absolute atomic E-state index is 11.7. The molecule has 7 nitrogen and oxygen atoms in total. The fourth-order valence-electron chi connectivity index (χ4n) is 2.87. The molecule has 150 valence electrons. The first-order valence-corrected chi connectivity index (χ1v) is 8.99. The molecule has 0 aliphatic heterocycles. The zero-order valence-corrected chi connectivity index (χ0v) is 17.1. The van der Waals surface area contributed by atoms with Crippen LogP contribution in [-0.2, 0) is 0 Å². The first-order chi connectivity index (χ1) is 14.0. The van der Waals surface area contributed by atoms with E-state index in [0.29, 0.717) is 34.5 Å². The van der Waals surface area contributed by atoms with Crippen LogP contribution in [0.25, 0.3) is 11.4 Å². The lowest BCUT2D eigenvalue weighted by molar-refractivity contribution is 0.101. The van der Waals surface area contributed by atoms with E-state index < -0.39 is 0 Å². The molecule has 0 saturated heterocycles. The molecule has 0 atom stereocenters. The van der Waals surface area contributed by atoms with E-state index in [4.69, 9.17) is 14.2 Å². The summed E-state index contributed by atoms with van der Waals surface area (Å²) in [4.78, 5) is 20.7. The van der Waals surface area contributed by atoms with Crippen molar-refractivity contribution < 1.29 is 19.0 Å². The third kappa shape index (κ3) is 4.29. The van der Waals surface area contributed by atoms with Crippen LogP contribution in [-0.4, -0.2) is 37.1 Å². The van der Waals surface area contributed by atoms with Gasteiger partial charge in [-0.1, -0.05) is 18.2 Å². The Morgan fingerprint density at radius 3 is 2.28 bits per heavy atom. The van der Waals surface area contributed by atoms with Gasteiger partial charge in [-0.15, -0.1) is 0 Å². The Hall–Kier alpha value is -3.61. The Balaban J connectivity index is 2.00. The molecular formula is C22H23N3O4. The molecule has 0 amide bonds. The molecule has 29 heavy (non-hydrogen) atoms. The van der Waals surface area contributed by atoms with Gasteiger partial charge in [0.25, 0.3) is 0 Å². The SMILES string of the molecule is COc1cc(Nc2nc(-c3cccc(C(C)=O)c3)ncc2C)cc(OC)c1OC. The number of hydrogen-bond donors (Lipinski definition) is 1. The third-order valence-electron chi connectivity index (χ3n) is 4.43. The summed E-state index contributed by atoms with van der Waals surface area (Å²) in [6.45, 7) is 3.45. The molecule has 0 saturated carbocycles. The van der Waals surface area contributed by atoms with E-state index >= 15 is 0 Å². The highest BCUT2D eigenvalue weighted by Crippen LogP contribution is 2.40. The largest absolute Gasteiger partial charge is 0.493 e. The Bertz CT molecular complexity index is 1020. The van der Waals surface area contributed by atoms with E-state index in [2.05, 4.69) is 15.3 Å². The zero-order chi connectivity index (χ0) is 21.0. The maximum Gasteiger partial charge on any atom is 0.203 e. The number of carbonyl (C=O) groups excluding carboxylic acids is 1. The second kappa shape index (κ2) is 8.60. The highest BCUT2D eigenvalue weighted by atomic mass is 16.5. The molecule has 0 aliphatic carbocycles. The zero-order valence-electron chi connectivity index (χ0n) is 17.1. The number of nitrogens with one attached hydrogen (secondary N) is 1. The molecule has 1 N–H and O–H groups in total. The van der Waals surface area contributed by atoms with E-state index in [0.717, 1.165) is 16.8 Å². The topological polar surface area (TPSA) is 82.6 Å². The molecule has 3 rings (SSSR count). The van der Waals surface area contributed by atoms with Gasteiger partial charge in [-0.3, -0.25) is 4.79 Å². The Labute approximate surface area is 169 Å². The van der Waals surface area contributed by atoms with Crippen molar-refractivity contribution in [2.75, 3.05) is 26.6 Å². The van der Waals surface area contributed by atoms with Gasteiger partial charge in [0.15, 0.2) is 23.1 Å². The first-order valence-electron chi connectivity index (χ1n) is 8.99. The third-order valence-corrected chi connectivity index (χ3v) is 4.43. The average molecular weight is 393 g/mol. The van der Waals surface area contributed by atoms with Crippen molar-refractivity contribution in [2.45, 2.75) is 13.8 Å². The lowest BCUT2D eigenvalue weighted by Gasteiger charge is -2.16. The summed E-state index contributed by atoms with van der Waals surface area (Å²) in [7, 11) is 4.69. The van der Waals surface area contributed by atoms with Crippen molar-refractivity contribution in [1.29, 1.82) is 0 Å². The minimum absolute atomic E-state index is 0.00488. The standard InChI is InChI=1S/C22H23N3O4/c1-13-12-23-22(16-8-6-7-15(9-16)14(2)26)25-21(13)24-17-10-18(27-3)20(29-5)19(11-17)28-4/h6-12H,1-5H3,(H,23,24,25). The van der Waals surface area contributed by atoms with Crippen LogP contribution in [0.1, 0.15) is 22.8 Å². The quantitative estimate of drug-likeness (QED) is 0.595. The summed E-state index contributed by atoms with van der Waals surface area (Å²) in [5, 5.41) is 3.29. The van der Waals surface area contributed by atoms with Gasteiger partial charge in [0.05, 0.1) is 21.3 Å². The molecule has 1 heterocycles. The van der Waals surface area contributed by atoms with Crippen molar-refractivity contribution in [2.24, 2.45) is 0 Å². The number of Topliss-reactive ketones (excluding diaryl/α,β-unsaturated/α-hetero) is 1. The van der Waals surface area contributed by atoms with Crippen LogP contribution in [0.5, 0.6) is 17.2 Å². The molecule has 0 unspecified atom stereocenters. The minimum atomic E-state index is -0.00488. The Kier molecular flexibility index (Phi) is 5.97. The van der Waals surface area contributed by atoms with Crippen LogP contribution < -0.4 is 19.5 Å². The summed E-state index contributed by atoms with van der Waals surface area (Å²) in [5.74, 6) is 2.74. The number of nitrogens with zero attached hydrogens (tertiary/aromatic N) is 2. The number of rotatable bonds is 7. The molecule has 7 heteroatoms. The minimum Gasteiger partial charge on any atom is -0.493 e. The molecule has 1 aromatic heterocycles. The summed E-state index contributed by atoms with van der Waals surface area (Å²) in [5.41, 5.74) is 2.98. The van der Waals surface area contributed by atoms with Gasteiger partial charge in [0.2, 0.25) is 5.75 Å².